The molecular weight excluding hydrogens is 248 g/mol. The van der Waals surface area contributed by atoms with Gasteiger partial charge in [-0.3, -0.25) is 0 Å². The highest BCUT2D eigenvalue weighted by atomic mass is 16.5. The van der Waals surface area contributed by atoms with Crippen LogP contribution in [0.1, 0.15) is 31.2 Å². The van der Waals surface area contributed by atoms with Crippen LogP contribution in [0.15, 0.2) is 29.8 Å². The number of methoxy groups -OCH3 is 1. The van der Waals surface area contributed by atoms with Crippen LogP contribution in [0.5, 0.6) is 5.75 Å². The summed E-state index contributed by atoms with van der Waals surface area (Å²) in [5.74, 6) is 12.8. The number of aliphatic hydroxyl groups excluding tert-OH is 1. The van der Waals surface area contributed by atoms with Crippen molar-refractivity contribution in [2.75, 3.05) is 7.11 Å². The molecule has 2 heteroatoms. The number of hydrogen-bond donors (Lipinski definition) is 1. The minimum absolute atomic E-state index is 0.657. The highest BCUT2D eigenvalue weighted by molar-refractivity contribution is 5.61. The van der Waals surface area contributed by atoms with Gasteiger partial charge < -0.3 is 9.84 Å². The third-order valence-corrected chi connectivity index (χ3v) is 3.06. The number of rotatable bonds is 2. The SMILES string of the molecule is COc1ccc(/C=C2\C#CCCCCC#C[C@H]2O)cc1. The number of hydrogen-bond acceptors (Lipinski definition) is 2. The summed E-state index contributed by atoms with van der Waals surface area (Å²) in [4.78, 5) is 0. The van der Waals surface area contributed by atoms with E-state index in [4.69, 9.17) is 4.74 Å². The Bertz CT molecular complexity index is 588. The van der Waals surface area contributed by atoms with Gasteiger partial charge in [-0.25, -0.2) is 0 Å². The van der Waals surface area contributed by atoms with Gasteiger partial charge >= 0.3 is 0 Å². The second kappa shape index (κ2) is 7.43. The Morgan fingerprint density at radius 3 is 2.55 bits per heavy atom. The first-order chi connectivity index (χ1) is 9.79. The second-order valence-electron chi connectivity index (χ2n) is 4.61. The molecule has 1 atom stereocenters. The minimum Gasteiger partial charge on any atom is -0.497 e. The molecule has 0 amide bonds. The van der Waals surface area contributed by atoms with Crippen LogP contribution in [-0.4, -0.2) is 18.3 Å². The van der Waals surface area contributed by atoms with Crippen LogP contribution in [-0.2, 0) is 0 Å². The predicted octanol–water partition coefficient (Wildman–Crippen LogP) is 3.02. The van der Waals surface area contributed by atoms with E-state index in [1.165, 1.54) is 0 Å². The van der Waals surface area contributed by atoms with Gasteiger partial charge in [0.2, 0.25) is 0 Å². The van der Waals surface area contributed by atoms with Gasteiger partial charge in [-0.15, -0.1) is 5.92 Å². The zero-order valence-electron chi connectivity index (χ0n) is 11.6. The van der Waals surface area contributed by atoms with Gasteiger partial charge in [-0.05, 0) is 36.6 Å². The molecule has 2 rings (SSSR count). The van der Waals surface area contributed by atoms with Crippen LogP contribution in [0.4, 0.5) is 0 Å². The molecule has 0 heterocycles. The minimum atomic E-state index is -0.803. The maximum atomic E-state index is 10.1. The van der Waals surface area contributed by atoms with Crippen LogP contribution in [0.2, 0.25) is 0 Å². The first-order valence-corrected chi connectivity index (χ1v) is 6.80. The second-order valence-corrected chi connectivity index (χ2v) is 4.61. The predicted molar refractivity (Wildman–Crippen MR) is 81.0 cm³/mol. The Labute approximate surface area is 120 Å². The molecule has 0 saturated heterocycles. The van der Waals surface area contributed by atoms with Gasteiger partial charge in [-0.2, -0.15) is 0 Å². The van der Waals surface area contributed by atoms with E-state index in [1.54, 1.807) is 7.11 Å². The van der Waals surface area contributed by atoms with E-state index in [0.29, 0.717) is 5.57 Å². The van der Waals surface area contributed by atoms with Gasteiger partial charge in [0.1, 0.15) is 11.9 Å². The summed E-state index contributed by atoms with van der Waals surface area (Å²) in [6.07, 6.45) is 4.87. The van der Waals surface area contributed by atoms with Crippen molar-refractivity contribution in [3.63, 3.8) is 0 Å². The smallest absolute Gasteiger partial charge is 0.147 e. The average Bonchev–Trinajstić information content (AvgIpc) is 2.49. The zero-order valence-corrected chi connectivity index (χ0v) is 11.6. The van der Waals surface area contributed by atoms with Crippen molar-refractivity contribution in [1.29, 1.82) is 0 Å². The lowest BCUT2D eigenvalue weighted by Crippen LogP contribution is -2.06. The Morgan fingerprint density at radius 1 is 1.15 bits per heavy atom. The van der Waals surface area contributed by atoms with Crippen molar-refractivity contribution in [3.8, 4) is 29.4 Å². The van der Waals surface area contributed by atoms with Gasteiger partial charge in [0.15, 0.2) is 0 Å². The van der Waals surface area contributed by atoms with Crippen LogP contribution in [0, 0.1) is 23.7 Å². The van der Waals surface area contributed by atoms with Crippen molar-refractivity contribution in [2.24, 2.45) is 0 Å². The Kier molecular flexibility index (Phi) is 5.30. The quantitative estimate of drug-likeness (QED) is 0.834. The molecule has 1 aliphatic rings. The molecule has 0 unspecified atom stereocenters. The molecule has 1 aromatic rings. The fourth-order valence-corrected chi connectivity index (χ4v) is 1.90. The van der Waals surface area contributed by atoms with Crippen molar-refractivity contribution in [1.82, 2.24) is 0 Å². The Morgan fingerprint density at radius 2 is 1.85 bits per heavy atom. The van der Waals surface area contributed by atoms with Crippen molar-refractivity contribution in [2.45, 2.75) is 31.8 Å². The molecule has 0 saturated carbocycles. The summed E-state index contributed by atoms with van der Waals surface area (Å²) in [6, 6.07) is 7.65. The molecule has 0 spiro atoms. The lowest BCUT2D eigenvalue weighted by Gasteiger charge is -2.05. The maximum Gasteiger partial charge on any atom is 0.147 e. The molecule has 2 nitrogen and oxygen atoms in total. The number of ether oxygens (including phenoxy) is 1. The lowest BCUT2D eigenvalue weighted by atomic mass is 10.0. The van der Waals surface area contributed by atoms with E-state index in [-0.39, 0.29) is 0 Å². The highest BCUT2D eigenvalue weighted by Crippen LogP contribution is 2.15. The monoisotopic (exact) mass is 266 g/mol. The normalized spacial score (nSPS) is 20.3. The van der Waals surface area contributed by atoms with Crippen LogP contribution >= 0.6 is 0 Å². The fraction of sp³-hybridized carbons (Fsp3) is 0.333. The van der Waals surface area contributed by atoms with Crippen molar-refractivity contribution < 1.29 is 9.84 Å². The fourth-order valence-electron chi connectivity index (χ4n) is 1.90. The largest absolute Gasteiger partial charge is 0.497 e. The standard InChI is InChI=1S/C18H18O2/c1-20-17-12-10-15(11-13-17)14-16-8-6-4-2-3-5-7-9-18(16)19/h10-14,18-19H,2-5H2,1H3/b16-14+/t18-/m1/s1. The molecule has 0 radical (unpaired) electrons. The van der Waals surface area contributed by atoms with E-state index in [0.717, 1.165) is 37.0 Å². The van der Waals surface area contributed by atoms with Crippen LogP contribution in [0.25, 0.3) is 6.08 Å². The van der Waals surface area contributed by atoms with Gasteiger partial charge in [-0.1, -0.05) is 29.9 Å². The van der Waals surface area contributed by atoms with E-state index >= 15 is 0 Å². The van der Waals surface area contributed by atoms with Crippen LogP contribution in [0.3, 0.4) is 0 Å². The molecule has 0 aromatic heterocycles. The number of benzene rings is 1. The third-order valence-electron chi connectivity index (χ3n) is 3.06. The first-order valence-electron chi connectivity index (χ1n) is 6.80. The zero-order chi connectivity index (χ0) is 14.2. The van der Waals surface area contributed by atoms with E-state index in [2.05, 4.69) is 23.7 Å². The lowest BCUT2D eigenvalue weighted by molar-refractivity contribution is 0.274. The maximum absolute atomic E-state index is 10.1. The molecule has 1 N–H and O–H groups in total. The van der Waals surface area contributed by atoms with E-state index in [1.807, 2.05) is 30.3 Å². The molecule has 102 valence electrons. The van der Waals surface area contributed by atoms with Gasteiger partial charge in [0.25, 0.3) is 0 Å². The molecular formula is C18H18O2. The molecule has 0 bridgehead atoms. The third kappa shape index (κ3) is 4.19. The molecule has 0 fully saturated rings. The summed E-state index contributed by atoms with van der Waals surface area (Å²) in [5, 5.41) is 10.1. The summed E-state index contributed by atoms with van der Waals surface area (Å²) in [6.45, 7) is 0. The Hall–Kier alpha value is -2.16. The van der Waals surface area contributed by atoms with Crippen LogP contribution < -0.4 is 4.74 Å². The van der Waals surface area contributed by atoms with E-state index in [9.17, 15) is 5.11 Å². The first kappa shape index (κ1) is 14.3. The van der Waals surface area contributed by atoms with Crippen molar-refractivity contribution in [3.05, 3.63) is 35.4 Å². The molecule has 20 heavy (non-hydrogen) atoms. The average molecular weight is 266 g/mol. The van der Waals surface area contributed by atoms with Crippen molar-refractivity contribution >= 4 is 6.08 Å². The topological polar surface area (TPSA) is 29.5 Å². The molecule has 0 aliphatic heterocycles. The summed E-state index contributed by atoms with van der Waals surface area (Å²) in [7, 11) is 1.64. The Balaban J connectivity index is 2.26. The summed E-state index contributed by atoms with van der Waals surface area (Å²) in [5.41, 5.74) is 1.64. The molecule has 1 aliphatic carbocycles. The molecule has 1 aromatic carbocycles. The summed E-state index contributed by atoms with van der Waals surface area (Å²) < 4.78 is 5.13. The highest BCUT2D eigenvalue weighted by Gasteiger charge is 2.06. The summed E-state index contributed by atoms with van der Waals surface area (Å²) >= 11 is 0. The van der Waals surface area contributed by atoms with E-state index < -0.39 is 6.10 Å². The van der Waals surface area contributed by atoms with Gasteiger partial charge in [0, 0.05) is 18.4 Å². The number of aliphatic hydroxyl groups is 1. The van der Waals surface area contributed by atoms with Gasteiger partial charge in [0.05, 0.1) is 7.11 Å².